The summed E-state index contributed by atoms with van der Waals surface area (Å²) in [4.78, 5) is 49.5. The van der Waals surface area contributed by atoms with Gasteiger partial charge in [0.15, 0.2) is 0 Å². The van der Waals surface area contributed by atoms with Gasteiger partial charge in [-0.05, 0) is 60.3 Å². The maximum absolute atomic E-state index is 12.7. The molecule has 1 fully saturated rings. The van der Waals surface area contributed by atoms with Crippen LogP contribution < -0.4 is 15.8 Å². The van der Waals surface area contributed by atoms with Crippen molar-refractivity contribution < 1.29 is 37.4 Å². The Kier molecular flexibility index (Phi) is 9.41. The van der Waals surface area contributed by atoms with E-state index in [1.54, 1.807) is 47.5 Å². The van der Waals surface area contributed by atoms with E-state index in [2.05, 4.69) is 21.5 Å². The molecule has 2 aromatic carbocycles. The number of carboxylic acids is 1. The van der Waals surface area contributed by atoms with Gasteiger partial charge in [-0.3, -0.25) is 10.1 Å². The number of nitroso groups, excluding NO2 is 1. The van der Waals surface area contributed by atoms with Crippen molar-refractivity contribution in [1.29, 1.82) is 5.26 Å². The normalized spacial score (nSPS) is 15.4. The molecular formula is C25H23F3N6O6. The molecule has 3 aromatic rings. The monoisotopic (exact) mass is 560 g/mol. The number of aliphatic carboxylic acids is 1. The van der Waals surface area contributed by atoms with Crippen LogP contribution >= 0.6 is 0 Å². The first-order valence-electron chi connectivity index (χ1n) is 11.7. The molecule has 1 aliphatic rings. The number of halogens is 3. The fourth-order valence-corrected chi connectivity index (χ4v) is 3.99. The highest BCUT2D eigenvalue weighted by Crippen LogP contribution is 2.27. The molecule has 12 nitrogen and oxygen atoms in total. The standard InChI is InChI=1S/C23H22N6O4.C2HF3O2/c24-12-15-4-3-9-29(15)22(30)18(25)10-14-13-26-19-8-7-16(11-17(14)19)33-23(31)27-20-5-1-2-6-21(20)28-32;3-2(4,5)1(6)7/h1-2,5-8,11,13,15,18,26H,3-4,9-10,25H2,(H,27,31);(H,6,7). The topological polar surface area (TPSA) is 191 Å². The van der Waals surface area contributed by atoms with E-state index < -0.39 is 30.3 Å². The molecule has 0 aliphatic carbocycles. The number of nitrogens with two attached hydrogens (primary N) is 1. The van der Waals surface area contributed by atoms with Crippen molar-refractivity contribution in [3.8, 4) is 11.8 Å². The number of anilines is 1. The number of benzene rings is 2. The van der Waals surface area contributed by atoms with Gasteiger partial charge in [0.2, 0.25) is 5.91 Å². The summed E-state index contributed by atoms with van der Waals surface area (Å²) >= 11 is 0. The number of likely N-dealkylation sites (tertiary alicyclic amines) is 1. The predicted molar refractivity (Wildman–Crippen MR) is 136 cm³/mol. The van der Waals surface area contributed by atoms with Gasteiger partial charge in [0.25, 0.3) is 0 Å². The number of H-pyrrole nitrogens is 1. The number of rotatable bonds is 6. The van der Waals surface area contributed by atoms with E-state index in [0.717, 1.165) is 22.9 Å². The second-order valence-corrected chi connectivity index (χ2v) is 8.58. The van der Waals surface area contributed by atoms with Gasteiger partial charge in [0.1, 0.15) is 17.5 Å². The van der Waals surface area contributed by atoms with Crippen molar-refractivity contribution in [2.45, 2.75) is 37.5 Å². The van der Waals surface area contributed by atoms with E-state index in [1.807, 2.05) is 0 Å². The number of para-hydroxylation sites is 1. The van der Waals surface area contributed by atoms with Crippen molar-refractivity contribution in [1.82, 2.24) is 9.88 Å². The van der Waals surface area contributed by atoms with Gasteiger partial charge < -0.3 is 25.5 Å². The number of nitrogens with one attached hydrogen (secondary N) is 2. The second kappa shape index (κ2) is 12.7. The molecule has 1 saturated heterocycles. The van der Waals surface area contributed by atoms with Crippen LogP contribution in [-0.4, -0.2) is 57.8 Å². The number of hydrogen-bond donors (Lipinski definition) is 4. The summed E-state index contributed by atoms with van der Waals surface area (Å²) in [6, 6.07) is 12.3. The maximum Gasteiger partial charge on any atom is 0.490 e. The minimum Gasteiger partial charge on any atom is -0.475 e. The summed E-state index contributed by atoms with van der Waals surface area (Å²) in [5.74, 6) is -2.73. The number of alkyl halides is 3. The number of nitrogens with zero attached hydrogens (tertiary/aromatic N) is 3. The van der Waals surface area contributed by atoms with Crippen molar-refractivity contribution in [2.75, 3.05) is 11.9 Å². The van der Waals surface area contributed by atoms with E-state index in [-0.39, 0.29) is 29.5 Å². The van der Waals surface area contributed by atoms with E-state index in [4.69, 9.17) is 20.4 Å². The molecule has 2 amide bonds. The third kappa shape index (κ3) is 7.32. The van der Waals surface area contributed by atoms with E-state index >= 15 is 0 Å². The maximum atomic E-state index is 12.7. The zero-order chi connectivity index (χ0) is 29.4. The molecule has 0 radical (unpaired) electrons. The van der Waals surface area contributed by atoms with Gasteiger partial charge in [0, 0.05) is 23.6 Å². The van der Waals surface area contributed by atoms with Crippen LogP contribution in [0.3, 0.4) is 0 Å². The highest BCUT2D eigenvalue weighted by atomic mass is 19.4. The van der Waals surface area contributed by atoms with Crippen LogP contribution in [0.25, 0.3) is 10.9 Å². The molecule has 2 atom stereocenters. The number of carbonyl (C=O) groups is 3. The fourth-order valence-electron chi connectivity index (χ4n) is 3.99. The van der Waals surface area contributed by atoms with Crippen molar-refractivity contribution in [2.24, 2.45) is 10.9 Å². The van der Waals surface area contributed by atoms with E-state index in [0.29, 0.717) is 13.0 Å². The van der Waals surface area contributed by atoms with E-state index in [1.165, 1.54) is 6.07 Å². The Morgan fingerprint density at radius 2 is 1.98 bits per heavy atom. The number of carboxylic acid groups (broad SMARTS) is 1. The van der Waals surface area contributed by atoms with Gasteiger partial charge in [-0.25, -0.2) is 9.59 Å². The Hall–Kier alpha value is -4.97. The first kappa shape index (κ1) is 29.6. The largest absolute Gasteiger partial charge is 0.490 e. The van der Waals surface area contributed by atoms with Crippen LogP contribution in [0.1, 0.15) is 18.4 Å². The molecule has 2 heterocycles. The Bertz CT molecular complexity index is 1450. The highest BCUT2D eigenvalue weighted by Gasteiger charge is 2.38. The summed E-state index contributed by atoms with van der Waals surface area (Å²) < 4.78 is 37.1. The smallest absolute Gasteiger partial charge is 0.475 e. The van der Waals surface area contributed by atoms with Gasteiger partial charge in [-0.1, -0.05) is 12.1 Å². The van der Waals surface area contributed by atoms with Gasteiger partial charge in [-0.15, -0.1) is 4.91 Å². The summed E-state index contributed by atoms with van der Waals surface area (Å²) in [5, 5.41) is 22.5. The number of nitriles is 1. The summed E-state index contributed by atoms with van der Waals surface area (Å²) in [6.45, 7) is 0.536. The van der Waals surface area contributed by atoms with Gasteiger partial charge >= 0.3 is 18.2 Å². The Balaban J connectivity index is 0.000000559. The minimum absolute atomic E-state index is 0.0908. The molecular weight excluding hydrogens is 537 g/mol. The quantitative estimate of drug-likeness (QED) is 0.322. The van der Waals surface area contributed by atoms with Crippen molar-refractivity contribution >= 4 is 40.2 Å². The van der Waals surface area contributed by atoms with Crippen LogP contribution in [0.15, 0.2) is 53.8 Å². The van der Waals surface area contributed by atoms with Crippen LogP contribution in [0.5, 0.6) is 5.75 Å². The number of aromatic amines is 1. The molecule has 0 bridgehead atoms. The fraction of sp³-hybridized carbons (Fsp3) is 0.280. The van der Waals surface area contributed by atoms with E-state index in [9.17, 15) is 32.9 Å². The zero-order valence-electron chi connectivity index (χ0n) is 20.6. The molecule has 15 heteroatoms. The molecule has 2 unspecified atom stereocenters. The Morgan fingerprint density at radius 3 is 2.62 bits per heavy atom. The average molecular weight is 560 g/mol. The summed E-state index contributed by atoms with van der Waals surface area (Å²) in [7, 11) is 0. The molecule has 40 heavy (non-hydrogen) atoms. The number of fused-ring (bicyclic) bond motifs is 1. The van der Waals surface area contributed by atoms with Gasteiger partial charge in [0.05, 0.1) is 17.8 Å². The number of carbonyl (C=O) groups excluding carboxylic acids is 2. The number of amides is 2. The van der Waals surface area contributed by atoms with Crippen LogP contribution in [0.2, 0.25) is 0 Å². The second-order valence-electron chi connectivity index (χ2n) is 8.58. The third-order valence-corrected chi connectivity index (χ3v) is 5.87. The molecule has 1 aliphatic heterocycles. The average Bonchev–Trinajstić information content (AvgIpc) is 3.55. The van der Waals surface area contributed by atoms with Crippen LogP contribution in [0, 0.1) is 16.2 Å². The van der Waals surface area contributed by atoms with Crippen molar-refractivity contribution in [3.05, 3.63) is 59.1 Å². The number of aromatic nitrogens is 1. The Labute approximate surface area is 224 Å². The lowest BCUT2D eigenvalue weighted by molar-refractivity contribution is -0.192. The first-order chi connectivity index (χ1) is 18.9. The molecule has 0 saturated carbocycles. The summed E-state index contributed by atoms with van der Waals surface area (Å²) in [5.41, 5.74) is 8.10. The lowest BCUT2D eigenvalue weighted by Crippen LogP contribution is -2.46. The molecule has 210 valence electrons. The lowest BCUT2D eigenvalue weighted by atomic mass is 10.0. The first-order valence-corrected chi connectivity index (χ1v) is 11.7. The zero-order valence-corrected chi connectivity index (χ0v) is 20.6. The highest BCUT2D eigenvalue weighted by molar-refractivity contribution is 5.91. The summed E-state index contributed by atoms with van der Waals surface area (Å²) in [6.07, 6.45) is -2.37. The number of ether oxygens (including phenoxy) is 1. The van der Waals surface area contributed by atoms with Crippen LogP contribution in [-0.2, 0) is 16.0 Å². The minimum atomic E-state index is -5.08. The predicted octanol–water partition coefficient (Wildman–Crippen LogP) is 4.19. The van der Waals surface area contributed by atoms with Crippen molar-refractivity contribution in [3.63, 3.8) is 0 Å². The number of hydrogen-bond acceptors (Lipinski definition) is 8. The molecule has 4 rings (SSSR count). The lowest BCUT2D eigenvalue weighted by Gasteiger charge is -2.23. The van der Waals surface area contributed by atoms with Gasteiger partial charge in [-0.2, -0.15) is 18.4 Å². The Morgan fingerprint density at radius 1 is 1.27 bits per heavy atom. The third-order valence-electron chi connectivity index (χ3n) is 5.87. The molecule has 5 N–H and O–H groups in total. The molecule has 0 spiro atoms. The molecule has 1 aromatic heterocycles. The van der Waals surface area contributed by atoms with Crippen LogP contribution in [0.4, 0.5) is 29.3 Å². The SMILES string of the molecule is N#CC1CCCN1C(=O)C(N)Cc1c[nH]c2ccc(OC(=O)Nc3ccccc3N=O)cc12.O=C(O)C(F)(F)F.